The largest absolute Gasteiger partial charge is 0.480 e. The third-order valence-corrected chi connectivity index (χ3v) is 3.64. The van der Waals surface area contributed by atoms with Gasteiger partial charge >= 0.3 is 12.0 Å². The molecule has 1 heterocycles. The lowest BCUT2D eigenvalue weighted by atomic mass is 10.0. The molecule has 0 aromatic heterocycles. The number of urea groups is 1. The van der Waals surface area contributed by atoms with Gasteiger partial charge < -0.3 is 14.9 Å². The summed E-state index contributed by atoms with van der Waals surface area (Å²) in [7, 11) is 1.71. The summed E-state index contributed by atoms with van der Waals surface area (Å²) in [6.45, 7) is 3.94. The summed E-state index contributed by atoms with van der Waals surface area (Å²) < 4.78 is 0. The molecule has 1 saturated heterocycles. The third kappa shape index (κ3) is 2.41. The van der Waals surface area contributed by atoms with Crippen LogP contribution in [0.5, 0.6) is 0 Å². The molecule has 5 nitrogen and oxygen atoms in total. The molecule has 1 fully saturated rings. The molecule has 0 radical (unpaired) electrons. The van der Waals surface area contributed by atoms with E-state index in [2.05, 4.69) is 0 Å². The summed E-state index contributed by atoms with van der Waals surface area (Å²) in [5, 5.41) is 9.03. The Hall–Kier alpha value is -2.04. The lowest BCUT2D eigenvalue weighted by Gasteiger charge is -2.19. The first kappa shape index (κ1) is 13.4. The molecule has 1 aliphatic rings. The van der Waals surface area contributed by atoms with Gasteiger partial charge in [0.25, 0.3) is 0 Å². The zero-order chi connectivity index (χ0) is 14.2. The minimum atomic E-state index is -0.980. The molecular weight excluding hydrogens is 244 g/mol. The molecule has 0 bridgehead atoms. The van der Waals surface area contributed by atoms with E-state index < -0.39 is 12.0 Å². The fraction of sp³-hybridized carbons (Fsp3) is 0.429. The number of carboxylic acids is 1. The van der Waals surface area contributed by atoms with E-state index in [0.717, 1.165) is 11.1 Å². The second-order valence-electron chi connectivity index (χ2n) is 4.99. The van der Waals surface area contributed by atoms with Crippen molar-refractivity contribution in [1.29, 1.82) is 0 Å². The van der Waals surface area contributed by atoms with E-state index in [-0.39, 0.29) is 12.1 Å². The summed E-state index contributed by atoms with van der Waals surface area (Å²) >= 11 is 0. The molecule has 2 rings (SSSR count). The second-order valence-corrected chi connectivity index (χ2v) is 4.99. The standard InChI is InChI=1S/C14H18N2O3/c1-9-5-4-6-11(7-9)12-8-16(10(2)13(17)18)14(19)15(12)3/h4-7,10,12H,8H2,1-3H3,(H,17,18). The van der Waals surface area contributed by atoms with Gasteiger partial charge in [-0.25, -0.2) is 9.59 Å². The van der Waals surface area contributed by atoms with E-state index >= 15 is 0 Å². The van der Waals surface area contributed by atoms with Crippen molar-refractivity contribution < 1.29 is 14.7 Å². The number of carboxylic acid groups (broad SMARTS) is 1. The zero-order valence-corrected chi connectivity index (χ0v) is 11.3. The summed E-state index contributed by atoms with van der Waals surface area (Å²) in [6.07, 6.45) is 0. The van der Waals surface area contributed by atoms with Crippen molar-refractivity contribution in [1.82, 2.24) is 9.80 Å². The van der Waals surface area contributed by atoms with Crippen LogP contribution in [-0.4, -0.2) is 46.5 Å². The van der Waals surface area contributed by atoms with Gasteiger partial charge in [-0.1, -0.05) is 29.8 Å². The molecule has 0 aliphatic carbocycles. The van der Waals surface area contributed by atoms with Crippen molar-refractivity contribution in [2.45, 2.75) is 25.9 Å². The van der Waals surface area contributed by atoms with Crippen LogP contribution in [0.3, 0.4) is 0 Å². The average molecular weight is 262 g/mol. The van der Waals surface area contributed by atoms with Gasteiger partial charge in [0.15, 0.2) is 0 Å². The lowest BCUT2D eigenvalue weighted by Crippen LogP contribution is -2.41. The van der Waals surface area contributed by atoms with Gasteiger partial charge in [0.2, 0.25) is 0 Å². The Kier molecular flexibility index (Phi) is 3.46. The van der Waals surface area contributed by atoms with Crippen LogP contribution in [0.25, 0.3) is 0 Å². The first-order valence-electron chi connectivity index (χ1n) is 6.24. The predicted octanol–water partition coefficient (Wildman–Crippen LogP) is 1.88. The number of hydrogen-bond acceptors (Lipinski definition) is 2. The third-order valence-electron chi connectivity index (χ3n) is 3.64. The van der Waals surface area contributed by atoms with Crippen LogP contribution in [0.15, 0.2) is 24.3 Å². The van der Waals surface area contributed by atoms with Crippen molar-refractivity contribution in [3.63, 3.8) is 0 Å². The quantitative estimate of drug-likeness (QED) is 0.904. The molecule has 2 unspecified atom stereocenters. The van der Waals surface area contributed by atoms with Gasteiger partial charge in [0, 0.05) is 13.6 Å². The van der Waals surface area contributed by atoms with Gasteiger partial charge in [-0.15, -0.1) is 0 Å². The van der Waals surface area contributed by atoms with Crippen LogP contribution >= 0.6 is 0 Å². The average Bonchev–Trinajstić information content (AvgIpc) is 2.65. The van der Waals surface area contributed by atoms with Crippen LogP contribution < -0.4 is 0 Å². The fourth-order valence-electron chi connectivity index (χ4n) is 2.39. The Morgan fingerprint density at radius 2 is 2.16 bits per heavy atom. The zero-order valence-electron chi connectivity index (χ0n) is 11.3. The number of likely N-dealkylation sites (N-methyl/N-ethyl adjacent to an activating group) is 1. The molecule has 0 spiro atoms. The van der Waals surface area contributed by atoms with E-state index in [1.165, 1.54) is 11.8 Å². The second kappa shape index (κ2) is 4.91. The number of amides is 2. The summed E-state index contributed by atoms with van der Waals surface area (Å²) in [4.78, 5) is 26.1. The highest BCUT2D eigenvalue weighted by molar-refractivity contribution is 5.84. The molecular formula is C14H18N2O3. The molecule has 1 aliphatic heterocycles. The molecule has 1 aromatic rings. The molecule has 0 saturated carbocycles. The van der Waals surface area contributed by atoms with Crippen LogP contribution in [-0.2, 0) is 4.79 Å². The summed E-state index contributed by atoms with van der Waals surface area (Å²) in [6, 6.07) is 6.82. The number of aryl methyl sites for hydroxylation is 1. The van der Waals surface area contributed by atoms with Crippen LogP contribution in [0.4, 0.5) is 4.79 Å². The van der Waals surface area contributed by atoms with Crippen LogP contribution in [0, 0.1) is 6.92 Å². The number of carbonyl (C=O) groups is 2. The smallest absolute Gasteiger partial charge is 0.326 e. The Morgan fingerprint density at radius 3 is 2.74 bits per heavy atom. The number of benzene rings is 1. The highest BCUT2D eigenvalue weighted by Gasteiger charge is 2.39. The Labute approximate surface area is 112 Å². The van der Waals surface area contributed by atoms with E-state index in [9.17, 15) is 9.59 Å². The van der Waals surface area contributed by atoms with Gasteiger partial charge in [0.05, 0.1) is 6.04 Å². The maximum absolute atomic E-state index is 12.1. The van der Waals surface area contributed by atoms with E-state index in [4.69, 9.17) is 5.11 Å². The minimum absolute atomic E-state index is 0.0887. The maximum atomic E-state index is 12.1. The van der Waals surface area contributed by atoms with Crippen molar-refractivity contribution >= 4 is 12.0 Å². The van der Waals surface area contributed by atoms with Crippen molar-refractivity contribution in [2.75, 3.05) is 13.6 Å². The maximum Gasteiger partial charge on any atom is 0.326 e. The van der Waals surface area contributed by atoms with E-state index in [1.807, 2.05) is 31.2 Å². The monoisotopic (exact) mass is 262 g/mol. The van der Waals surface area contributed by atoms with Crippen LogP contribution in [0.1, 0.15) is 24.1 Å². The summed E-state index contributed by atoms with van der Waals surface area (Å²) in [5.41, 5.74) is 2.17. The van der Waals surface area contributed by atoms with Gasteiger partial charge in [-0.05, 0) is 19.4 Å². The van der Waals surface area contributed by atoms with Gasteiger partial charge in [-0.2, -0.15) is 0 Å². The summed E-state index contributed by atoms with van der Waals surface area (Å²) in [5.74, 6) is -0.980. The first-order chi connectivity index (χ1) is 8.91. The number of aliphatic carboxylic acids is 1. The highest BCUT2D eigenvalue weighted by Crippen LogP contribution is 2.29. The van der Waals surface area contributed by atoms with Crippen molar-refractivity contribution in [3.8, 4) is 0 Å². The normalized spacial score (nSPS) is 20.8. The first-order valence-corrected chi connectivity index (χ1v) is 6.24. The van der Waals surface area contributed by atoms with Gasteiger partial charge in [0.1, 0.15) is 6.04 Å². The van der Waals surface area contributed by atoms with Gasteiger partial charge in [-0.3, -0.25) is 0 Å². The fourth-order valence-corrected chi connectivity index (χ4v) is 2.39. The number of carbonyl (C=O) groups excluding carboxylic acids is 1. The molecule has 5 heteroatoms. The minimum Gasteiger partial charge on any atom is -0.480 e. The predicted molar refractivity (Wildman–Crippen MR) is 70.9 cm³/mol. The lowest BCUT2D eigenvalue weighted by molar-refractivity contribution is -0.141. The van der Waals surface area contributed by atoms with Crippen LogP contribution in [0.2, 0.25) is 0 Å². The van der Waals surface area contributed by atoms with E-state index in [0.29, 0.717) is 6.54 Å². The van der Waals surface area contributed by atoms with Crippen molar-refractivity contribution in [3.05, 3.63) is 35.4 Å². The molecule has 2 amide bonds. The Bertz CT molecular complexity index is 515. The Morgan fingerprint density at radius 1 is 1.47 bits per heavy atom. The number of hydrogen-bond donors (Lipinski definition) is 1. The molecule has 1 aromatic carbocycles. The molecule has 19 heavy (non-hydrogen) atoms. The van der Waals surface area contributed by atoms with E-state index in [1.54, 1.807) is 11.9 Å². The Balaban J connectivity index is 2.26. The SMILES string of the molecule is Cc1cccc(C2CN(C(C)C(=O)O)C(=O)N2C)c1. The number of rotatable bonds is 3. The van der Waals surface area contributed by atoms with Crippen molar-refractivity contribution in [2.24, 2.45) is 0 Å². The number of nitrogens with zero attached hydrogens (tertiary/aromatic N) is 2. The molecule has 102 valence electrons. The highest BCUT2D eigenvalue weighted by atomic mass is 16.4. The molecule has 2 atom stereocenters. The molecule has 1 N–H and O–H groups in total. The topological polar surface area (TPSA) is 60.9 Å².